The number of hydrogen-bond donors (Lipinski definition) is 2. The third-order valence-corrected chi connectivity index (χ3v) is 7.19. The van der Waals surface area contributed by atoms with Gasteiger partial charge < -0.3 is 19.5 Å². The van der Waals surface area contributed by atoms with Crippen molar-refractivity contribution < 1.29 is 14.2 Å². The van der Waals surface area contributed by atoms with Crippen LogP contribution in [0.5, 0.6) is 17.4 Å². The third kappa shape index (κ3) is 6.28. The van der Waals surface area contributed by atoms with Gasteiger partial charge in [0.05, 0.1) is 26.9 Å². The fourth-order valence-electron chi connectivity index (χ4n) is 4.48. The first-order valence-electron chi connectivity index (χ1n) is 13.4. The molecule has 3 aromatic carbocycles. The normalized spacial score (nSPS) is 10.9. The van der Waals surface area contributed by atoms with Crippen molar-refractivity contribution in [3.63, 3.8) is 0 Å². The maximum atomic E-state index is 13.6. The lowest BCUT2D eigenvalue weighted by Gasteiger charge is -2.16. The summed E-state index contributed by atoms with van der Waals surface area (Å²) >= 11 is 3.52. The number of nitrogens with one attached hydrogen (secondary N) is 2. The fraction of sp³-hybridized carbons (Fsp3) is 0.233. The van der Waals surface area contributed by atoms with Gasteiger partial charge in [-0.05, 0) is 69.4 Å². The monoisotopic (exact) mass is 631 g/mol. The highest BCUT2D eigenvalue weighted by molar-refractivity contribution is 9.10. The Kier molecular flexibility index (Phi) is 9.12. The number of methoxy groups -OCH3 is 1. The van der Waals surface area contributed by atoms with Crippen molar-refractivity contribution in [3.05, 3.63) is 92.7 Å². The van der Waals surface area contributed by atoms with Gasteiger partial charge in [0.15, 0.2) is 11.5 Å². The van der Waals surface area contributed by atoms with E-state index in [4.69, 9.17) is 14.2 Å². The summed E-state index contributed by atoms with van der Waals surface area (Å²) < 4.78 is 18.7. The summed E-state index contributed by atoms with van der Waals surface area (Å²) in [6.45, 7) is 5.33. The van der Waals surface area contributed by atoms with E-state index >= 15 is 0 Å². The molecule has 0 amide bonds. The largest absolute Gasteiger partial charge is 0.493 e. The van der Waals surface area contributed by atoms with E-state index in [9.17, 15) is 4.79 Å². The lowest BCUT2D eigenvalue weighted by atomic mass is 9.98. The summed E-state index contributed by atoms with van der Waals surface area (Å²) in [5, 5.41) is 22.2. The molecule has 11 nitrogen and oxygen atoms in total. The Labute approximate surface area is 251 Å². The van der Waals surface area contributed by atoms with Gasteiger partial charge >= 0.3 is 0 Å². The van der Waals surface area contributed by atoms with E-state index in [2.05, 4.69) is 47.0 Å². The van der Waals surface area contributed by atoms with E-state index in [1.165, 1.54) is 4.68 Å². The molecule has 0 spiro atoms. The van der Waals surface area contributed by atoms with Gasteiger partial charge in [-0.25, -0.2) is 4.68 Å². The van der Waals surface area contributed by atoms with Gasteiger partial charge in [0.25, 0.3) is 5.56 Å². The van der Waals surface area contributed by atoms with Crippen LogP contribution in [0, 0.1) is 0 Å². The Morgan fingerprint density at radius 1 is 0.929 bits per heavy atom. The van der Waals surface area contributed by atoms with E-state index < -0.39 is 0 Å². The zero-order chi connectivity index (χ0) is 29.5. The quantitative estimate of drug-likeness (QED) is 0.188. The molecular weight excluding hydrogens is 602 g/mol. The molecule has 0 saturated heterocycles. The summed E-state index contributed by atoms with van der Waals surface area (Å²) in [5.41, 5.74) is 4.72. The van der Waals surface area contributed by atoms with Gasteiger partial charge in [0, 0.05) is 12.1 Å². The standard InChI is InChI=1S/C30H30BrN7O4/c1-4-41-25-16-20(12-15-24(25)40-3)17-32-27-26(31)29(42-5-2)35-38(30(27)39)18-19-10-13-21(14-11-19)22-8-6-7-9-23(22)28-33-36-37-34-28/h6-16,32H,4-5,17-18H2,1-3H3,(H,33,34,36,37). The van der Waals surface area contributed by atoms with Crippen LogP contribution < -0.4 is 25.1 Å². The van der Waals surface area contributed by atoms with E-state index in [-0.39, 0.29) is 12.1 Å². The summed E-state index contributed by atoms with van der Waals surface area (Å²) in [6.07, 6.45) is 0. The van der Waals surface area contributed by atoms with Crippen LogP contribution in [0.2, 0.25) is 0 Å². The van der Waals surface area contributed by atoms with Crippen LogP contribution in [-0.2, 0) is 13.1 Å². The van der Waals surface area contributed by atoms with Crippen LogP contribution in [0.15, 0.2) is 76.0 Å². The van der Waals surface area contributed by atoms with Crippen molar-refractivity contribution in [3.8, 4) is 39.9 Å². The number of tetrazole rings is 1. The molecule has 12 heteroatoms. The molecule has 0 atom stereocenters. The van der Waals surface area contributed by atoms with Crippen molar-refractivity contribution in [1.29, 1.82) is 0 Å². The van der Waals surface area contributed by atoms with E-state index in [1.807, 2.05) is 80.6 Å². The van der Waals surface area contributed by atoms with Crippen LogP contribution >= 0.6 is 15.9 Å². The SMILES string of the molecule is CCOc1cc(CNc2c(Br)c(OCC)nn(Cc3ccc(-c4ccccc4-c4nn[nH]n4)cc3)c2=O)ccc1OC. The van der Waals surface area contributed by atoms with Gasteiger partial charge in [0.1, 0.15) is 10.2 Å². The predicted molar refractivity (Wildman–Crippen MR) is 163 cm³/mol. The minimum Gasteiger partial charge on any atom is -0.493 e. The molecule has 2 heterocycles. The smallest absolute Gasteiger partial charge is 0.291 e. The lowest BCUT2D eigenvalue weighted by Crippen LogP contribution is -2.27. The molecule has 0 aliphatic rings. The topological polar surface area (TPSA) is 129 Å². The molecule has 216 valence electrons. The zero-order valence-corrected chi connectivity index (χ0v) is 25.0. The van der Waals surface area contributed by atoms with Crippen LogP contribution in [-0.4, -0.2) is 50.7 Å². The molecule has 0 aliphatic carbocycles. The third-order valence-electron chi connectivity index (χ3n) is 6.46. The number of anilines is 1. The molecule has 0 aliphatic heterocycles. The molecule has 0 radical (unpaired) electrons. The van der Waals surface area contributed by atoms with Crippen molar-refractivity contribution in [2.75, 3.05) is 25.6 Å². The van der Waals surface area contributed by atoms with E-state index in [0.29, 0.717) is 53.1 Å². The van der Waals surface area contributed by atoms with Crippen LogP contribution in [0.25, 0.3) is 22.5 Å². The number of nitrogens with zero attached hydrogens (tertiary/aromatic N) is 5. The molecule has 2 N–H and O–H groups in total. The lowest BCUT2D eigenvalue weighted by molar-refractivity contribution is 0.310. The maximum Gasteiger partial charge on any atom is 0.291 e. The molecule has 0 unspecified atom stereocenters. The van der Waals surface area contributed by atoms with Crippen LogP contribution in [0.1, 0.15) is 25.0 Å². The minimum absolute atomic E-state index is 0.255. The van der Waals surface area contributed by atoms with Crippen molar-refractivity contribution in [2.24, 2.45) is 0 Å². The molecule has 0 bridgehead atoms. The highest BCUT2D eigenvalue weighted by atomic mass is 79.9. The molecule has 5 rings (SSSR count). The first-order valence-corrected chi connectivity index (χ1v) is 14.2. The Balaban J connectivity index is 1.40. The second-order valence-corrected chi connectivity index (χ2v) is 9.93. The van der Waals surface area contributed by atoms with Gasteiger partial charge in [-0.3, -0.25) is 4.79 Å². The fourth-order valence-corrected chi connectivity index (χ4v) is 4.98. The van der Waals surface area contributed by atoms with Crippen molar-refractivity contribution in [1.82, 2.24) is 30.4 Å². The van der Waals surface area contributed by atoms with Crippen LogP contribution in [0.3, 0.4) is 0 Å². The molecule has 42 heavy (non-hydrogen) atoms. The highest BCUT2D eigenvalue weighted by Gasteiger charge is 2.18. The molecular formula is C30H30BrN7O4. The Morgan fingerprint density at radius 2 is 1.67 bits per heavy atom. The number of aromatic nitrogens is 6. The second kappa shape index (κ2) is 13.3. The summed E-state index contributed by atoms with van der Waals surface area (Å²) in [5.74, 6) is 2.14. The number of ether oxygens (including phenoxy) is 3. The van der Waals surface area contributed by atoms with E-state index in [0.717, 1.165) is 27.8 Å². The number of aromatic amines is 1. The summed E-state index contributed by atoms with van der Waals surface area (Å²) in [7, 11) is 1.60. The summed E-state index contributed by atoms with van der Waals surface area (Å²) in [6, 6.07) is 21.5. The number of hydrogen-bond acceptors (Lipinski definition) is 9. The van der Waals surface area contributed by atoms with Gasteiger partial charge in [-0.15, -0.1) is 15.3 Å². The van der Waals surface area contributed by atoms with Gasteiger partial charge in [-0.1, -0.05) is 54.6 Å². The number of rotatable bonds is 12. The number of benzene rings is 3. The molecule has 0 saturated carbocycles. The molecule has 5 aromatic rings. The Morgan fingerprint density at radius 3 is 2.36 bits per heavy atom. The Hall–Kier alpha value is -4.71. The maximum absolute atomic E-state index is 13.6. The Bertz CT molecular complexity index is 1710. The highest BCUT2D eigenvalue weighted by Crippen LogP contribution is 2.32. The summed E-state index contributed by atoms with van der Waals surface area (Å²) in [4.78, 5) is 13.6. The van der Waals surface area contributed by atoms with Gasteiger partial charge in [0.2, 0.25) is 11.7 Å². The average molecular weight is 633 g/mol. The van der Waals surface area contributed by atoms with Gasteiger partial charge in [-0.2, -0.15) is 5.21 Å². The minimum atomic E-state index is -0.282. The van der Waals surface area contributed by atoms with Crippen molar-refractivity contribution in [2.45, 2.75) is 26.9 Å². The molecule has 2 aromatic heterocycles. The first kappa shape index (κ1) is 28.8. The van der Waals surface area contributed by atoms with Crippen molar-refractivity contribution >= 4 is 21.6 Å². The second-order valence-electron chi connectivity index (χ2n) is 9.14. The first-order chi connectivity index (χ1) is 20.5. The van der Waals surface area contributed by atoms with E-state index in [1.54, 1.807) is 7.11 Å². The number of H-pyrrole nitrogens is 1. The zero-order valence-electron chi connectivity index (χ0n) is 23.4. The predicted octanol–water partition coefficient (Wildman–Crippen LogP) is 5.32. The molecule has 0 fully saturated rings. The van der Waals surface area contributed by atoms with Crippen LogP contribution in [0.4, 0.5) is 5.69 Å². The average Bonchev–Trinajstić information content (AvgIpc) is 3.55. The number of halogens is 1.